The number of nitrogens with zero attached hydrogens (tertiary/aromatic N) is 2. The number of fused-ring (bicyclic) bond motifs is 4. The van der Waals surface area contributed by atoms with Crippen molar-refractivity contribution < 1.29 is 19.2 Å². The third-order valence-electron chi connectivity index (χ3n) is 8.05. The summed E-state index contributed by atoms with van der Waals surface area (Å²) in [4.78, 5) is 28.3. The molecule has 9 heteroatoms. The maximum absolute atomic E-state index is 13.6. The third-order valence-corrected chi connectivity index (χ3v) is 8.31. The van der Waals surface area contributed by atoms with Gasteiger partial charge >= 0.3 is 0 Å². The molecule has 3 aromatic carbocycles. The Morgan fingerprint density at radius 1 is 1.11 bits per heavy atom. The minimum atomic E-state index is -1.35. The average Bonchev–Trinajstić information content (AvgIpc) is 3.57. The Labute approximate surface area is 225 Å². The number of hydrogen-bond donors (Lipinski definition) is 1. The number of carbonyl (C=O) groups is 1. The molecule has 6 rings (SSSR count). The summed E-state index contributed by atoms with van der Waals surface area (Å²) in [5.74, 6) is 0.280. The number of nitrogens with one attached hydrogen (secondary N) is 1. The van der Waals surface area contributed by atoms with E-state index in [4.69, 9.17) is 21.1 Å². The fourth-order valence-corrected chi connectivity index (χ4v) is 6.76. The molecular weight excluding hydrogens is 506 g/mol. The molecule has 0 aromatic heterocycles. The number of hydrogen-bond acceptors (Lipinski definition) is 6. The number of ether oxygens (including phenoxy) is 2. The molecule has 196 valence electrons. The van der Waals surface area contributed by atoms with Gasteiger partial charge in [-0.25, -0.2) is 0 Å². The summed E-state index contributed by atoms with van der Waals surface area (Å²) in [7, 11) is 0. The number of rotatable bonds is 7. The first kappa shape index (κ1) is 24.7. The van der Waals surface area contributed by atoms with Gasteiger partial charge in [0.1, 0.15) is 6.61 Å². The molecule has 3 aliphatic heterocycles. The second-order valence-corrected chi connectivity index (χ2v) is 10.4. The molecule has 38 heavy (non-hydrogen) atoms. The van der Waals surface area contributed by atoms with Crippen molar-refractivity contribution in [2.24, 2.45) is 0 Å². The molecule has 2 fully saturated rings. The highest BCUT2D eigenvalue weighted by molar-refractivity contribution is 6.30. The molecule has 3 aromatic rings. The largest absolute Gasteiger partial charge is 0.490 e. The summed E-state index contributed by atoms with van der Waals surface area (Å²) < 4.78 is 12.0. The average molecular weight is 534 g/mol. The smallest absolute Gasteiger partial charge is 0.256 e. The van der Waals surface area contributed by atoms with Gasteiger partial charge in [0, 0.05) is 33.8 Å². The van der Waals surface area contributed by atoms with E-state index in [1.807, 2.05) is 73.7 Å². The van der Waals surface area contributed by atoms with Crippen LogP contribution >= 0.6 is 11.6 Å². The lowest BCUT2D eigenvalue weighted by Gasteiger charge is -2.32. The van der Waals surface area contributed by atoms with Crippen LogP contribution in [0.4, 0.5) is 5.69 Å². The van der Waals surface area contributed by atoms with Crippen molar-refractivity contribution in [2.75, 3.05) is 18.5 Å². The molecule has 4 atom stereocenters. The predicted octanol–water partition coefficient (Wildman–Crippen LogP) is 5.37. The van der Waals surface area contributed by atoms with Crippen LogP contribution in [0.5, 0.6) is 11.5 Å². The first-order valence-corrected chi connectivity index (χ1v) is 13.3. The summed E-state index contributed by atoms with van der Waals surface area (Å²) >= 11 is 5.99. The predicted molar refractivity (Wildman–Crippen MR) is 143 cm³/mol. The Hall–Kier alpha value is -3.62. The van der Waals surface area contributed by atoms with Gasteiger partial charge in [0.05, 0.1) is 12.5 Å². The van der Waals surface area contributed by atoms with E-state index in [1.165, 1.54) is 0 Å². The van der Waals surface area contributed by atoms with Gasteiger partial charge in [-0.3, -0.25) is 19.8 Å². The van der Waals surface area contributed by atoms with Gasteiger partial charge in [0.2, 0.25) is 0 Å². The van der Waals surface area contributed by atoms with Gasteiger partial charge in [0.15, 0.2) is 17.0 Å². The van der Waals surface area contributed by atoms with Crippen molar-refractivity contribution in [3.63, 3.8) is 0 Å². The van der Waals surface area contributed by atoms with E-state index in [0.29, 0.717) is 47.5 Å². The third kappa shape index (κ3) is 3.74. The fraction of sp³-hybridized carbons (Fsp3) is 0.345. The van der Waals surface area contributed by atoms with Gasteiger partial charge in [-0.2, -0.15) is 0 Å². The summed E-state index contributed by atoms with van der Waals surface area (Å²) in [6.07, 6.45) is 1.66. The maximum atomic E-state index is 13.6. The Balaban J connectivity index is 1.40. The first-order chi connectivity index (χ1) is 18.4. The van der Waals surface area contributed by atoms with Gasteiger partial charge in [0.25, 0.3) is 11.9 Å². The molecule has 0 aliphatic carbocycles. The van der Waals surface area contributed by atoms with E-state index < -0.39 is 17.5 Å². The van der Waals surface area contributed by atoms with Crippen molar-refractivity contribution in [3.05, 3.63) is 98.6 Å². The van der Waals surface area contributed by atoms with Crippen LogP contribution in [0, 0.1) is 10.1 Å². The zero-order chi connectivity index (χ0) is 26.4. The fourth-order valence-electron chi connectivity index (χ4n) is 6.64. The summed E-state index contributed by atoms with van der Waals surface area (Å²) in [5, 5.41) is 16.4. The van der Waals surface area contributed by atoms with Crippen molar-refractivity contribution in [2.45, 2.75) is 49.9 Å². The zero-order valence-corrected chi connectivity index (χ0v) is 21.7. The number of para-hydroxylation sites is 1. The molecule has 2 saturated heterocycles. The topological polar surface area (TPSA) is 93.9 Å². The SMILES string of the molecule is CCOc1cc([C@@H]2[C@@H]3CCCN3[C@@]3(C(=O)Nc4ccccc43)[C@@H]2[N+](=O)[O-])ccc1OCc1ccc(Cl)cc1. The summed E-state index contributed by atoms with van der Waals surface area (Å²) in [6.45, 7) is 3.26. The molecule has 0 saturated carbocycles. The minimum Gasteiger partial charge on any atom is -0.490 e. The number of amides is 1. The molecular formula is C29H28ClN3O5. The van der Waals surface area contributed by atoms with E-state index in [9.17, 15) is 14.9 Å². The number of carbonyl (C=O) groups excluding carboxylic acids is 1. The normalized spacial score (nSPS) is 25.7. The molecule has 0 unspecified atom stereocenters. The van der Waals surface area contributed by atoms with Crippen molar-refractivity contribution >= 4 is 23.2 Å². The van der Waals surface area contributed by atoms with Gasteiger partial charge in [-0.15, -0.1) is 0 Å². The lowest BCUT2D eigenvalue weighted by molar-refractivity contribution is -0.534. The maximum Gasteiger partial charge on any atom is 0.256 e. The summed E-state index contributed by atoms with van der Waals surface area (Å²) in [6, 6.07) is 19.0. The molecule has 0 bridgehead atoms. The highest BCUT2D eigenvalue weighted by Crippen LogP contribution is 2.58. The molecule has 8 nitrogen and oxygen atoms in total. The van der Waals surface area contributed by atoms with Gasteiger partial charge < -0.3 is 14.8 Å². The van der Waals surface area contributed by atoms with Crippen LogP contribution in [-0.2, 0) is 16.9 Å². The van der Waals surface area contributed by atoms with E-state index in [0.717, 1.165) is 24.0 Å². The highest BCUT2D eigenvalue weighted by Gasteiger charge is 2.73. The zero-order valence-electron chi connectivity index (χ0n) is 20.9. The van der Waals surface area contributed by atoms with Gasteiger partial charge in [-0.1, -0.05) is 48.0 Å². The molecule has 1 amide bonds. The van der Waals surface area contributed by atoms with Gasteiger partial charge in [-0.05, 0) is 61.2 Å². The van der Waals surface area contributed by atoms with Crippen LogP contribution in [0.1, 0.15) is 42.4 Å². The Bertz CT molecular complexity index is 1400. The molecule has 0 radical (unpaired) electrons. The second kappa shape index (κ2) is 9.60. The number of benzene rings is 3. The highest BCUT2D eigenvalue weighted by atomic mass is 35.5. The van der Waals surface area contributed by atoms with Crippen molar-refractivity contribution in [1.82, 2.24) is 4.90 Å². The van der Waals surface area contributed by atoms with Crippen LogP contribution in [0.25, 0.3) is 0 Å². The molecule has 1 spiro atoms. The Morgan fingerprint density at radius 2 is 1.89 bits per heavy atom. The molecule has 3 aliphatic rings. The van der Waals surface area contributed by atoms with E-state index in [-0.39, 0.29) is 16.9 Å². The number of halogens is 1. The lowest BCUT2D eigenvalue weighted by atomic mass is 9.77. The number of anilines is 1. The Kier molecular flexibility index (Phi) is 6.24. The quantitative estimate of drug-likeness (QED) is 0.324. The molecule has 3 heterocycles. The lowest BCUT2D eigenvalue weighted by Crippen LogP contribution is -2.55. The van der Waals surface area contributed by atoms with E-state index >= 15 is 0 Å². The monoisotopic (exact) mass is 533 g/mol. The molecule has 1 N–H and O–H groups in total. The summed E-state index contributed by atoms with van der Waals surface area (Å²) in [5.41, 5.74) is 1.73. The van der Waals surface area contributed by atoms with Crippen LogP contribution in [0.2, 0.25) is 5.02 Å². The standard InChI is InChI=1S/C29H28ClN3O5/c1-2-37-25-16-19(11-14-24(25)38-17-18-9-12-20(30)13-10-18)26-23-8-5-15-32(23)29(27(26)33(35)36)21-6-3-4-7-22(21)31-28(29)34/h3-4,6-7,9-14,16,23,26-27H,2,5,8,15,17H2,1H3,(H,31,34)/t23-,26+,27+,29+/m0/s1. The minimum absolute atomic E-state index is 0.141. The Morgan fingerprint density at radius 3 is 2.66 bits per heavy atom. The van der Waals surface area contributed by atoms with Crippen LogP contribution in [-0.4, -0.2) is 41.0 Å². The van der Waals surface area contributed by atoms with Crippen LogP contribution < -0.4 is 14.8 Å². The first-order valence-electron chi connectivity index (χ1n) is 12.9. The van der Waals surface area contributed by atoms with Crippen molar-refractivity contribution in [3.8, 4) is 11.5 Å². The van der Waals surface area contributed by atoms with Crippen LogP contribution in [0.3, 0.4) is 0 Å². The second-order valence-electron chi connectivity index (χ2n) is 9.98. The van der Waals surface area contributed by atoms with Crippen LogP contribution in [0.15, 0.2) is 66.7 Å². The van der Waals surface area contributed by atoms with E-state index in [1.54, 1.807) is 0 Å². The number of nitro groups is 1. The van der Waals surface area contributed by atoms with Crippen molar-refractivity contribution in [1.29, 1.82) is 0 Å². The van der Waals surface area contributed by atoms with E-state index in [2.05, 4.69) is 10.2 Å².